The van der Waals surface area contributed by atoms with Crippen molar-refractivity contribution in [3.05, 3.63) is 0 Å². The van der Waals surface area contributed by atoms with Crippen molar-refractivity contribution in [2.45, 2.75) is 105 Å². The predicted molar refractivity (Wildman–Crippen MR) is 107 cm³/mol. The summed E-state index contributed by atoms with van der Waals surface area (Å²) in [6.07, 6.45) is 13.1. The Balaban J connectivity index is 0. The number of hydrogen-bond donors (Lipinski definition) is 1. The molecule has 0 aromatic carbocycles. The molecule has 0 amide bonds. The molecule has 0 radical (unpaired) electrons. The van der Waals surface area contributed by atoms with Gasteiger partial charge in [0.05, 0.1) is 26.2 Å². The van der Waals surface area contributed by atoms with Crippen LogP contribution in [0.25, 0.3) is 0 Å². The average molecular weight is 345 g/mol. The largest absolute Gasteiger partial charge is 0.481 e. The summed E-state index contributed by atoms with van der Waals surface area (Å²) in [6, 6.07) is 0. The van der Waals surface area contributed by atoms with E-state index in [1.54, 1.807) is 0 Å². The predicted octanol–water partition coefficient (Wildman–Crippen LogP) is 6.26. The van der Waals surface area contributed by atoms with Crippen LogP contribution >= 0.6 is 0 Å². The summed E-state index contributed by atoms with van der Waals surface area (Å²) in [6.45, 7) is 17.0. The number of rotatable bonds is 15. The van der Waals surface area contributed by atoms with Crippen LogP contribution in [0.4, 0.5) is 0 Å². The minimum Gasteiger partial charge on any atom is -0.481 e. The van der Waals surface area contributed by atoms with Crippen LogP contribution < -0.4 is 0 Å². The zero-order chi connectivity index (χ0) is 18.7. The number of carboxylic acid groups (broad SMARTS) is 1. The first-order valence-electron chi connectivity index (χ1n) is 10.6. The lowest BCUT2D eigenvalue weighted by molar-refractivity contribution is -0.929. The first-order valence-corrected chi connectivity index (χ1v) is 10.6. The fourth-order valence-electron chi connectivity index (χ4n) is 2.97. The van der Waals surface area contributed by atoms with E-state index in [9.17, 15) is 4.79 Å². The summed E-state index contributed by atoms with van der Waals surface area (Å²) in [5.41, 5.74) is 0. The Hall–Kier alpha value is -0.570. The number of quaternary nitrogens is 1. The molecule has 1 N–H and O–H groups in total. The van der Waals surface area contributed by atoms with Gasteiger partial charge in [0.1, 0.15) is 0 Å². The molecule has 3 nitrogen and oxygen atoms in total. The van der Waals surface area contributed by atoms with E-state index < -0.39 is 5.97 Å². The van der Waals surface area contributed by atoms with Gasteiger partial charge in [-0.05, 0) is 32.1 Å². The molecular formula is C21H46NO2+. The SMILES string of the molecule is CCCCC(=O)O.CCCC[N+](CCCC)(CCCC)CCCC. The van der Waals surface area contributed by atoms with Crippen molar-refractivity contribution in [2.24, 2.45) is 0 Å². The Morgan fingerprint density at radius 2 is 0.917 bits per heavy atom. The molecule has 0 rings (SSSR count). The first-order chi connectivity index (χ1) is 11.5. The van der Waals surface area contributed by atoms with Gasteiger partial charge in [-0.25, -0.2) is 0 Å². The maximum absolute atomic E-state index is 9.76. The first kappa shape index (κ1) is 25.7. The molecule has 0 saturated heterocycles. The van der Waals surface area contributed by atoms with E-state index >= 15 is 0 Å². The summed E-state index contributed by atoms with van der Waals surface area (Å²) in [4.78, 5) is 9.76. The highest BCUT2D eigenvalue weighted by atomic mass is 16.4. The number of nitrogens with zero attached hydrogens (tertiary/aromatic N) is 1. The minimum atomic E-state index is -0.693. The van der Waals surface area contributed by atoms with E-state index in [0.717, 1.165) is 12.8 Å². The van der Waals surface area contributed by atoms with Crippen molar-refractivity contribution in [1.29, 1.82) is 0 Å². The van der Waals surface area contributed by atoms with E-state index in [2.05, 4.69) is 27.7 Å². The molecule has 0 heterocycles. The van der Waals surface area contributed by atoms with Crippen molar-refractivity contribution in [3.8, 4) is 0 Å². The molecule has 0 saturated carbocycles. The average Bonchev–Trinajstić information content (AvgIpc) is 2.59. The van der Waals surface area contributed by atoms with Crippen LogP contribution in [0, 0.1) is 0 Å². The molecular weight excluding hydrogens is 298 g/mol. The van der Waals surface area contributed by atoms with Crippen molar-refractivity contribution >= 4 is 5.97 Å². The molecule has 0 aromatic heterocycles. The summed E-state index contributed by atoms with van der Waals surface area (Å²) in [5.74, 6) is -0.693. The molecule has 0 spiro atoms. The van der Waals surface area contributed by atoms with Crippen LogP contribution in [0.15, 0.2) is 0 Å². The van der Waals surface area contributed by atoms with E-state index in [-0.39, 0.29) is 0 Å². The summed E-state index contributed by atoms with van der Waals surface area (Å²) < 4.78 is 1.42. The maximum Gasteiger partial charge on any atom is 0.303 e. The Kier molecular flexibility index (Phi) is 20.1. The highest BCUT2D eigenvalue weighted by molar-refractivity contribution is 5.66. The Morgan fingerprint density at radius 1 is 0.625 bits per heavy atom. The highest BCUT2D eigenvalue weighted by Crippen LogP contribution is 2.16. The molecule has 0 aliphatic heterocycles. The third-order valence-electron chi connectivity index (χ3n) is 4.69. The molecule has 0 unspecified atom stereocenters. The molecule has 24 heavy (non-hydrogen) atoms. The number of aliphatic carboxylic acids is 1. The third-order valence-corrected chi connectivity index (χ3v) is 4.69. The van der Waals surface area contributed by atoms with Gasteiger partial charge in [0.2, 0.25) is 0 Å². The van der Waals surface area contributed by atoms with E-state index in [0.29, 0.717) is 6.42 Å². The van der Waals surface area contributed by atoms with E-state index in [1.165, 1.54) is 82.0 Å². The highest BCUT2D eigenvalue weighted by Gasteiger charge is 2.24. The van der Waals surface area contributed by atoms with Gasteiger partial charge in [0, 0.05) is 6.42 Å². The zero-order valence-corrected chi connectivity index (χ0v) is 17.4. The Morgan fingerprint density at radius 3 is 1.08 bits per heavy atom. The van der Waals surface area contributed by atoms with Crippen molar-refractivity contribution < 1.29 is 14.4 Å². The summed E-state index contributed by atoms with van der Waals surface area (Å²) >= 11 is 0. The van der Waals surface area contributed by atoms with Gasteiger partial charge in [-0.1, -0.05) is 66.7 Å². The van der Waals surface area contributed by atoms with Gasteiger partial charge in [0.25, 0.3) is 0 Å². The van der Waals surface area contributed by atoms with Crippen LogP contribution in [0.2, 0.25) is 0 Å². The van der Waals surface area contributed by atoms with Crippen molar-refractivity contribution in [2.75, 3.05) is 26.2 Å². The molecule has 0 bridgehead atoms. The normalized spacial score (nSPS) is 11.0. The monoisotopic (exact) mass is 344 g/mol. The standard InChI is InChI=1S/C16H36N.C5H10O2/c1-5-9-13-17(14-10-6-2,15-11-7-3)16-12-8-4;1-2-3-4-5(6)7/h5-16H2,1-4H3;2-4H2,1H3,(H,6,7)/q+1;. The number of hydrogen-bond acceptors (Lipinski definition) is 1. The molecule has 0 atom stereocenters. The molecule has 0 fully saturated rings. The zero-order valence-electron chi connectivity index (χ0n) is 17.4. The van der Waals surface area contributed by atoms with E-state index in [1.807, 2.05) is 6.92 Å². The van der Waals surface area contributed by atoms with Crippen LogP contribution in [0.5, 0.6) is 0 Å². The lowest BCUT2D eigenvalue weighted by Crippen LogP contribution is -2.50. The number of carboxylic acids is 1. The van der Waals surface area contributed by atoms with Crippen LogP contribution in [-0.2, 0) is 4.79 Å². The second kappa shape index (κ2) is 18.8. The third kappa shape index (κ3) is 16.3. The van der Waals surface area contributed by atoms with Gasteiger partial charge in [-0.3, -0.25) is 4.79 Å². The fraction of sp³-hybridized carbons (Fsp3) is 0.952. The van der Waals surface area contributed by atoms with E-state index in [4.69, 9.17) is 5.11 Å². The van der Waals surface area contributed by atoms with Gasteiger partial charge < -0.3 is 9.59 Å². The van der Waals surface area contributed by atoms with Crippen LogP contribution in [0.3, 0.4) is 0 Å². The topological polar surface area (TPSA) is 37.3 Å². The summed E-state index contributed by atoms with van der Waals surface area (Å²) in [5, 5.41) is 8.04. The second-order valence-electron chi connectivity index (χ2n) is 7.15. The fourth-order valence-corrected chi connectivity index (χ4v) is 2.97. The van der Waals surface area contributed by atoms with Crippen LogP contribution in [-0.4, -0.2) is 41.7 Å². The smallest absolute Gasteiger partial charge is 0.303 e. The minimum absolute atomic E-state index is 0.316. The molecule has 0 aliphatic rings. The summed E-state index contributed by atoms with van der Waals surface area (Å²) in [7, 11) is 0. The van der Waals surface area contributed by atoms with Crippen LogP contribution in [0.1, 0.15) is 105 Å². The van der Waals surface area contributed by atoms with Gasteiger partial charge in [-0.2, -0.15) is 0 Å². The lowest BCUT2D eigenvalue weighted by atomic mass is 10.1. The Bertz CT molecular complexity index is 229. The van der Waals surface area contributed by atoms with Crippen molar-refractivity contribution in [3.63, 3.8) is 0 Å². The quantitative estimate of drug-likeness (QED) is 0.356. The molecule has 3 heteroatoms. The molecule has 0 aliphatic carbocycles. The second-order valence-corrected chi connectivity index (χ2v) is 7.15. The number of carbonyl (C=O) groups is 1. The van der Waals surface area contributed by atoms with Gasteiger partial charge >= 0.3 is 5.97 Å². The molecule has 146 valence electrons. The van der Waals surface area contributed by atoms with Crippen molar-refractivity contribution in [1.82, 2.24) is 0 Å². The Labute approximate surface area is 152 Å². The number of unbranched alkanes of at least 4 members (excludes halogenated alkanes) is 5. The lowest BCUT2D eigenvalue weighted by Gasteiger charge is -2.39. The molecule has 0 aromatic rings. The maximum atomic E-state index is 9.76. The van der Waals surface area contributed by atoms with Gasteiger partial charge in [0.15, 0.2) is 0 Å². The van der Waals surface area contributed by atoms with Gasteiger partial charge in [-0.15, -0.1) is 0 Å².